The second-order valence-corrected chi connectivity index (χ2v) is 7.61. The van der Waals surface area contributed by atoms with Crippen molar-refractivity contribution in [2.24, 2.45) is 0 Å². The Kier molecular flexibility index (Phi) is 5.98. The number of benzene rings is 2. The molecule has 178 valence electrons. The van der Waals surface area contributed by atoms with Crippen molar-refractivity contribution in [2.75, 3.05) is 13.7 Å². The topological polar surface area (TPSA) is 97.6 Å². The molecule has 0 saturated heterocycles. The fourth-order valence-corrected chi connectivity index (χ4v) is 3.45. The van der Waals surface area contributed by atoms with Gasteiger partial charge >= 0.3 is 12.1 Å². The monoisotopic (exact) mass is 478 g/mol. The third kappa shape index (κ3) is 4.43. The van der Waals surface area contributed by atoms with Crippen LogP contribution >= 0.6 is 0 Å². The van der Waals surface area contributed by atoms with Crippen LogP contribution in [0.1, 0.15) is 39.1 Å². The fraction of sp³-hybridized carbons (Fsp3) is 0.273. The summed E-state index contributed by atoms with van der Waals surface area (Å²) in [7, 11) is 1.49. The highest BCUT2D eigenvalue weighted by Gasteiger charge is 2.39. The number of carbonyl (C=O) groups excluding carboxylic acids is 2. The van der Waals surface area contributed by atoms with Crippen LogP contribution in [0.25, 0.3) is 11.4 Å². The lowest BCUT2D eigenvalue weighted by atomic mass is 10.1. The maximum atomic E-state index is 15.0. The third-order valence-corrected chi connectivity index (χ3v) is 5.30. The zero-order valence-electron chi connectivity index (χ0n) is 17.9. The van der Waals surface area contributed by atoms with E-state index < -0.39 is 35.7 Å². The minimum atomic E-state index is -4.83. The Bertz CT molecular complexity index is 1240. The van der Waals surface area contributed by atoms with Gasteiger partial charge in [0.15, 0.2) is 0 Å². The summed E-state index contributed by atoms with van der Waals surface area (Å²) in [6.45, 7) is 1.59. The van der Waals surface area contributed by atoms with E-state index in [-0.39, 0.29) is 35.9 Å². The number of aromatic nitrogens is 2. The molecule has 34 heavy (non-hydrogen) atoms. The first-order chi connectivity index (χ1) is 16.1. The van der Waals surface area contributed by atoms with Crippen molar-refractivity contribution in [3.8, 4) is 17.1 Å². The van der Waals surface area contributed by atoms with Crippen molar-refractivity contribution in [3.05, 3.63) is 64.8 Å². The Morgan fingerprint density at radius 1 is 1.15 bits per heavy atom. The van der Waals surface area contributed by atoms with Crippen molar-refractivity contribution >= 4 is 11.8 Å². The summed E-state index contributed by atoms with van der Waals surface area (Å²) < 4.78 is 63.1. The van der Waals surface area contributed by atoms with Crippen LogP contribution in [0, 0.1) is 5.82 Å². The number of rotatable bonds is 3. The average molecular weight is 478 g/mol. The summed E-state index contributed by atoms with van der Waals surface area (Å²) in [5, 5.41) is 5.76. The number of amides is 2. The van der Waals surface area contributed by atoms with Gasteiger partial charge in [-0.05, 0) is 43.3 Å². The van der Waals surface area contributed by atoms with Crippen LogP contribution in [0.3, 0.4) is 0 Å². The minimum Gasteiger partial charge on any atom is -0.491 e. The fourth-order valence-electron chi connectivity index (χ4n) is 3.45. The molecule has 1 atom stereocenters. The number of carbonyl (C=O) groups is 2. The third-order valence-electron chi connectivity index (χ3n) is 5.30. The van der Waals surface area contributed by atoms with E-state index in [0.29, 0.717) is 11.1 Å². The van der Waals surface area contributed by atoms with E-state index in [2.05, 4.69) is 20.0 Å². The van der Waals surface area contributed by atoms with Crippen LogP contribution in [-0.2, 0) is 12.7 Å². The number of nitrogens with zero attached hydrogens (tertiary/aromatic N) is 3. The van der Waals surface area contributed by atoms with Gasteiger partial charge in [0.25, 0.3) is 11.8 Å². The predicted octanol–water partition coefficient (Wildman–Crippen LogP) is 3.68. The minimum absolute atomic E-state index is 0.0119. The first-order valence-electron chi connectivity index (χ1n) is 10.1. The van der Waals surface area contributed by atoms with Gasteiger partial charge in [0.05, 0.1) is 12.6 Å². The highest BCUT2D eigenvalue weighted by Crippen LogP contribution is 2.34. The lowest BCUT2D eigenvalue weighted by molar-refractivity contribution is -0.159. The molecule has 4 rings (SSSR count). The lowest BCUT2D eigenvalue weighted by Gasteiger charge is -2.26. The molecule has 0 bridgehead atoms. The van der Waals surface area contributed by atoms with Gasteiger partial charge in [-0.15, -0.1) is 0 Å². The van der Waals surface area contributed by atoms with Crippen LogP contribution in [-0.4, -0.2) is 46.6 Å². The average Bonchev–Trinajstić information content (AvgIpc) is 3.26. The van der Waals surface area contributed by atoms with Gasteiger partial charge in [-0.3, -0.25) is 9.59 Å². The predicted molar refractivity (Wildman–Crippen MR) is 109 cm³/mol. The second-order valence-electron chi connectivity index (χ2n) is 7.61. The number of alkyl halides is 3. The maximum absolute atomic E-state index is 15.0. The normalized spacial score (nSPS) is 15.8. The van der Waals surface area contributed by atoms with E-state index in [1.165, 1.54) is 42.3 Å². The molecule has 2 amide bonds. The smallest absolute Gasteiger partial charge is 0.471 e. The zero-order valence-corrected chi connectivity index (χ0v) is 17.9. The Morgan fingerprint density at radius 2 is 1.82 bits per heavy atom. The van der Waals surface area contributed by atoms with Crippen LogP contribution in [0.4, 0.5) is 17.6 Å². The van der Waals surface area contributed by atoms with Gasteiger partial charge in [-0.2, -0.15) is 18.2 Å². The summed E-state index contributed by atoms with van der Waals surface area (Å²) in [6.07, 6.45) is -4.83. The highest BCUT2D eigenvalue weighted by molar-refractivity contribution is 5.97. The molecule has 0 unspecified atom stereocenters. The Hall–Kier alpha value is -3.96. The molecule has 0 saturated carbocycles. The SMILES string of the molecule is CNC(=O)c1ccc(C(=O)N2Cc3c(F)cc(-c4noc(C(F)(F)F)n4)cc3OC[C@H]2C)cc1. The highest BCUT2D eigenvalue weighted by atomic mass is 19.4. The van der Waals surface area contributed by atoms with Gasteiger partial charge in [0.2, 0.25) is 5.82 Å². The molecule has 0 spiro atoms. The molecular formula is C22H18F4N4O4. The molecule has 0 aliphatic carbocycles. The molecule has 1 N–H and O–H groups in total. The Morgan fingerprint density at radius 3 is 2.44 bits per heavy atom. The lowest BCUT2D eigenvalue weighted by Crippen LogP contribution is -2.40. The van der Waals surface area contributed by atoms with Crippen molar-refractivity contribution in [2.45, 2.75) is 25.7 Å². The molecule has 12 heteroatoms. The van der Waals surface area contributed by atoms with Gasteiger partial charge in [0, 0.05) is 29.3 Å². The van der Waals surface area contributed by atoms with E-state index in [4.69, 9.17) is 4.74 Å². The number of ether oxygens (including phenoxy) is 1. The van der Waals surface area contributed by atoms with Crippen molar-refractivity contribution < 1.29 is 36.4 Å². The van der Waals surface area contributed by atoms with Crippen LogP contribution < -0.4 is 10.1 Å². The van der Waals surface area contributed by atoms with E-state index in [9.17, 15) is 22.8 Å². The molecule has 3 aromatic rings. The Balaban J connectivity index is 1.62. The maximum Gasteiger partial charge on any atom is 0.471 e. The first kappa shape index (κ1) is 23.2. The molecule has 1 aliphatic rings. The number of halogens is 4. The molecule has 2 aromatic carbocycles. The first-order valence-corrected chi connectivity index (χ1v) is 10.1. The quantitative estimate of drug-likeness (QED) is 0.577. The largest absolute Gasteiger partial charge is 0.491 e. The van der Waals surface area contributed by atoms with Crippen LogP contribution in [0.15, 0.2) is 40.9 Å². The van der Waals surface area contributed by atoms with E-state index in [0.717, 1.165) is 6.07 Å². The summed E-state index contributed by atoms with van der Waals surface area (Å²) >= 11 is 0. The van der Waals surface area contributed by atoms with Crippen molar-refractivity contribution in [1.82, 2.24) is 20.4 Å². The van der Waals surface area contributed by atoms with Crippen LogP contribution in [0.5, 0.6) is 5.75 Å². The second kappa shape index (κ2) is 8.76. The molecule has 0 radical (unpaired) electrons. The molecule has 2 heterocycles. The van der Waals surface area contributed by atoms with E-state index in [1.54, 1.807) is 6.92 Å². The summed E-state index contributed by atoms with van der Waals surface area (Å²) in [4.78, 5) is 29.5. The Labute approximate surface area is 190 Å². The molecular weight excluding hydrogens is 460 g/mol. The molecule has 1 aliphatic heterocycles. The molecule has 1 aromatic heterocycles. The number of hydrogen-bond donors (Lipinski definition) is 1. The molecule has 8 nitrogen and oxygen atoms in total. The number of fused-ring (bicyclic) bond motifs is 1. The van der Waals surface area contributed by atoms with Crippen molar-refractivity contribution in [1.29, 1.82) is 0 Å². The summed E-state index contributed by atoms with van der Waals surface area (Å²) in [5.74, 6) is -3.43. The van der Waals surface area contributed by atoms with E-state index >= 15 is 4.39 Å². The van der Waals surface area contributed by atoms with Crippen LogP contribution in [0.2, 0.25) is 0 Å². The molecule has 0 fully saturated rings. The standard InChI is InChI=1S/C22H18F4N4O4/c1-11-10-33-17-8-14(18-28-21(34-29-18)22(24,25)26)7-16(23)15(17)9-30(11)20(32)13-5-3-12(4-6-13)19(31)27-2/h3-8,11H,9-10H2,1-2H3,(H,27,31)/t11-/m1/s1. The zero-order chi connectivity index (χ0) is 24.6. The number of nitrogens with one attached hydrogen (secondary N) is 1. The van der Waals surface area contributed by atoms with Gasteiger partial charge in [0.1, 0.15) is 18.2 Å². The van der Waals surface area contributed by atoms with Crippen molar-refractivity contribution in [3.63, 3.8) is 0 Å². The summed E-state index contributed by atoms with van der Waals surface area (Å²) in [6, 6.07) is 7.83. The summed E-state index contributed by atoms with van der Waals surface area (Å²) in [5.41, 5.74) is 0.674. The number of hydrogen-bond acceptors (Lipinski definition) is 6. The van der Waals surface area contributed by atoms with Gasteiger partial charge in [-0.1, -0.05) is 5.16 Å². The van der Waals surface area contributed by atoms with Gasteiger partial charge < -0.3 is 19.5 Å². The van der Waals surface area contributed by atoms with Gasteiger partial charge in [-0.25, -0.2) is 4.39 Å². The van der Waals surface area contributed by atoms with E-state index in [1.807, 2.05) is 0 Å².